The van der Waals surface area contributed by atoms with Crippen LogP contribution in [0.25, 0.3) is 0 Å². The van der Waals surface area contributed by atoms with Crippen LogP contribution in [0.3, 0.4) is 0 Å². The first kappa shape index (κ1) is 10.4. The molecule has 0 aromatic heterocycles. The second-order valence-corrected chi connectivity index (χ2v) is 1.83. The minimum absolute atomic E-state index is 0. The molecule has 0 fully saturated rings. The van der Waals surface area contributed by atoms with Gasteiger partial charge in [-0.05, 0) is 0 Å². The van der Waals surface area contributed by atoms with E-state index in [1.54, 1.807) is 0 Å². The van der Waals surface area contributed by atoms with E-state index in [-0.39, 0.29) is 25.9 Å². The summed E-state index contributed by atoms with van der Waals surface area (Å²) >= 11 is 0. The second-order valence-electron chi connectivity index (χ2n) is 0.611. The van der Waals surface area contributed by atoms with E-state index in [1.165, 1.54) is 0 Å². The van der Waals surface area contributed by atoms with E-state index < -0.39 is 15.7 Å². The molecule has 0 bridgehead atoms. The summed E-state index contributed by atoms with van der Waals surface area (Å²) in [5.74, 6) is 0. The maximum atomic E-state index is 9.19. The third kappa shape index (κ3) is 10.7. The van der Waals surface area contributed by atoms with Crippen LogP contribution < -0.4 is 0 Å². The van der Waals surface area contributed by atoms with Crippen molar-refractivity contribution in [2.75, 3.05) is 0 Å². The fraction of sp³-hybridized carbons (Fsp3) is 0. The van der Waals surface area contributed by atoms with E-state index in [0.717, 1.165) is 0 Å². The molecule has 0 spiro atoms. The summed E-state index contributed by atoms with van der Waals surface area (Å²) < 4.78 is 25.8. The Morgan fingerprint density at radius 3 is 1.71 bits per heavy atom. The molecule has 0 heterocycles. The molecule has 0 saturated carbocycles. The Kier molecular flexibility index (Phi) is 4.97. The zero-order valence-corrected chi connectivity index (χ0v) is 5.60. The zero-order chi connectivity index (χ0) is 5.21. The number of carbonyl (C=O) groups excluding carboxylic acids is 1. The van der Waals surface area contributed by atoms with Crippen molar-refractivity contribution in [3.63, 3.8) is 0 Å². The van der Waals surface area contributed by atoms with Gasteiger partial charge in [-0.3, -0.25) is 9.35 Å². The van der Waals surface area contributed by atoms with E-state index >= 15 is 0 Å². The molecule has 4 nitrogen and oxygen atoms in total. The van der Waals surface area contributed by atoms with Crippen molar-refractivity contribution in [3.05, 3.63) is 0 Å². The first-order chi connectivity index (χ1) is 2.56. The molecule has 0 rings (SSSR count). The van der Waals surface area contributed by atoms with Crippen LogP contribution in [0.5, 0.6) is 0 Å². The summed E-state index contributed by atoms with van der Waals surface area (Å²) in [5.41, 5.74) is -0.535. The first-order valence-electron chi connectivity index (χ1n) is 0.987. The quantitative estimate of drug-likeness (QED) is 0.282. The molecule has 1 N–H and O–H groups in total. The molecular formula is CH4MgO4S. The van der Waals surface area contributed by atoms with E-state index in [1.807, 2.05) is 0 Å². The fourth-order valence-corrected chi connectivity index (χ4v) is 0. The van der Waals surface area contributed by atoms with Crippen LogP contribution in [0.15, 0.2) is 0 Å². The van der Waals surface area contributed by atoms with Gasteiger partial charge in [-0.25, -0.2) is 0 Å². The Hall–Kier alpha value is 0.346. The van der Waals surface area contributed by atoms with Gasteiger partial charge in [-0.15, -0.1) is 0 Å². The van der Waals surface area contributed by atoms with E-state index in [0.29, 0.717) is 0 Å². The average molecular weight is 136 g/mol. The van der Waals surface area contributed by atoms with Crippen molar-refractivity contribution in [2.45, 2.75) is 0 Å². The normalized spacial score (nSPS) is 9.29. The largest absolute Gasteiger partial charge is 2.00 e. The number of carbonyl (C=O) groups is 1. The molecule has 7 heavy (non-hydrogen) atoms. The van der Waals surface area contributed by atoms with Gasteiger partial charge in [-0.1, -0.05) is 0 Å². The molecule has 0 unspecified atom stereocenters. The van der Waals surface area contributed by atoms with Gasteiger partial charge >= 0.3 is 33.2 Å². The van der Waals surface area contributed by atoms with Gasteiger partial charge in [-0.2, -0.15) is 8.42 Å². The van der Waals surface area contributed by atoms with Gasteiger partial charge in [0.25, 0.3) is 5.62 Å². The van der Waals surface area contributed by atoms with Gasteiger partial charge < -0.3 is 2.85 Å². The minimum atomic E-state index is -4.34. The van der Waals surface area contributed by atoms with Gasteiger partial charge in [0.2, 0.25) is 0 Å². The predicted octanol–water partition coefficient (Wildman–Crippen LogP) is -1.09. The van der Waals surface area contributed by atoms with E-state index in [4.69, 9.17) is 9.35 Å². The standard InChI is InChI=1S/CH2O4S.Mg.2H/c2-1-6(3,4)5;;;/h1H,(H,3,4,5);;;/q;+2;2*-1. The molecular weight excluding hydrogens is 132 g/mol. The van der Waals surface area contributed by atoms with Crippen LogP contribution in [-0.2, 0) is 14.9 Å². The Labute approximate surface area is 59.8 Å². The smallest absolute Gasteiger partial charge is 1.00 e. The van der Waals surface area contributed by atoms with Crippen molar-refractivity contribution in [1.29, 1.82) is 0 Å². The molecule has 0 aromatic rings. The molecule has 0 aromatic carbocycles. The van der Waals surface area contributed by atoms with Crippen molar-refractivity contribution < 1.29 is 20.6 Å². The molecule has 6 heteroatoms. The molecule has 0 atom stereocenters. The van der Waals surface area contributed by atoms with Crippen LogP contribution in [0.1, 0.15) is 2.85 Å². The van der Waals surface area contributed by atoms with Gasteiger partial charge in [0.1, 0.15) is 0 Å². The van der Waals surface area contributed by atoms with Gasteiger partial charge in [0.15, 0.2) is 0 Å². The van der Waals surface area contributed by atoms with Crippen molar-refractivity contribution in [2.24, 2.45) is 0 Å². The van der Waals surface area contributed by atoms with Crippen LogP contribution in [0.4, 0.5) is 0 Å². The van der Waals surface area contributed by atoms with Crippen molar-refractivity contribution in [3.8, 4) is 0 Å². The van der Waals surface area contributed by atoms with E-state index in [2.05, 4.69) is 0 Å². The maximum Gasteiger partial charge on any atom is 2.00 e. The van der Waals surface area contributed by atoms with Gasteiger partial charge in [0, 0.05) is 0 Å². The zero-order valence-electron chi connectivity index (χ0n) is 5.36. The predicted molar refractivity (Wildman–Crippen MR) is 26.3 cm³/mol. The fourth-order valence-electron chi connectivity index (χ4n) is 0. The van der Waals surface area contributed by atoms with Crippen LogP contribution in [-0.4, -0.2) is 41.6 Å². The molecule has 0 aliphatic heterocycles. The Morgan fingerprint density at radius 2 is 1.71 bits per heavy atom. The van der Waals surface area contributed by atoms with E-state index in [9.17, 15) is 8.42 Å². The molecule has 0 radical (unpaired) electrons. The Bertz CT molecular complexity index is 129. The summed E-state index contributed by atoms with van der Waals surface area (Å²) in [6, 6.07) is 0. The monoisotopic (exact) mass is 136 g/mol. The third-order valence-corrected chi connectivity index (χ3v) is 0.365. The topological polar surface area (TPSA) is 71.4 Å². The summed E-state index contributed by atoms with van der Waals surface area (Å²) in [7, 11) is -4.34. The number of hydrogen-bond donors (Lipinski definition) is 1. The Morgan fingerprint density at radius 1 is 1.57 bits per heavy atom. The maximum absolute atomic E-state index is 9.19. The first-order valence-corrected chi connectivity index (χ1v) is 2.49. The van der Waals surface area contributed by atoms with Crippen LogP contribution in [0, 0.1) is 0 Å². The third-order valence-electron chi connectivity index (χ3n) is 0.122. The molecule has 0 saturated heterocycles. The van der Waals surface area contributed by atoms with Crippen molar-refractivity contribution in [1.82, 2.24) is 0 Å². The molecule has 40 valence electrons. The Balaban J connectivity index is -0.0000000417. The SMILES string of the molecule is O=CS(=O)(=O)O.[H-].[H-].[Mg+2]. The van der Waals surface area contributed by atoms with Crippen LogP contribution in [0.2, 0.25) is 0 Å². The molecule has 0 amide bonds. The summed E-state index contributed by atoms with van der Waals surface area (Å²) in [6.07, 6.45) is 0. The van der Waals surface area contributed by atoms with Crippen molar-refractivity contribution >= 4 is 38.8 Å². The van der Waals surface area contributed by atoms with Crippen LogP contribution >= 0.6 is 0 Å². The average Bonchev–Trinajstić information content (AvgIpc) is 1.35. The minimum Gasteiger partial charge on any atom is -1.00 e. The number of rotatable bonds is 1. The second kappa shape index (κ2) is 3.36. The summed E-state index contributed by atoms with van der Waals surface area (Å²) in [6.45, 7) is 0. The number of hydrogen-bond acceptors (Lipinski definition) is 3. The molecule has 0 aliphatic carbocycles. The molecule has 0 aliphatic rings. The van der Waals surface area contributed by atoms with Gasteiger partial charge in [0.05, 0.1) is 0 Å². The summed E-state index contributed by atoms with van der Waals surface area (Å²) in [5, 5.41) is 0. The summed E-state index contributed by atoms with van der Waals surface area (Å²) in [4.78, 5) is 8.99.